The van der Waals surface area contributed by atoms with E-state index in [2.05, 4.69) is 50.3 Å². The molecule has 0 aliphatic carbocycles. The van der Waals surface area contributed by atoms with Crippen molar-refractivity contribution in [2.45, 2.75) is 243 Å². The summed E-state index contributed by atoms with van der Waals surface area (Å²) in [5.41, 5.74) is 0. The van der Waals surface area contributed by atoms with Gasteiger partial charge in [0.05, 0.1) is 13.2 Å². The second kappa shape index (κ2) is 40.0. The largest absolute Gasteiger partial charge is 0.462 e. The molecule has 1 aliphatic heterocycles. The van der Waals surface area contributed by atoms with Crippen LogP contribution < -0.4 is 0 Å². The van der Waals surface area contributed by atoms with E-state index in [9.17, 15) is 30.0 Å². The van der Waals surface area contributed by atoms with Gasteiger partial charge in [0.25, 0.3) is 0 Å². The number of hydrogen-bond donors (Lipinski definition) is 4. The molecule has 6 atom stereocenters. The number of esters is 2. The van der Waals surface area contributed by atoms with Crippen molar-refractivity contribution < 1.29 is 49.0 Å². The molecule has 1 saturated heterocycles. The Morgan fingerprint density at radius 2 is 0.949 bits per heavy atom. The molecule has 59 heavy (non-hydrogen) atoms. The molecule has 0 saturated carbocycles. The Bertz CT molecular complexity index is 1060. The van der Waals surface area contributed by atoms with Crippen LogP contribution in [0.1, 0.15) is 206 Å². The van der Waals surface area contributed by atoms with Gasteiger partial charge in [-0.2, -0.15) is 0 Å². The van der Waals surface area contributed by atoms with Crippen LogP contribution in [0.3, 0.4) is 0 Å². The number of rotatable bonds is 40. The Kier molecular flexibility index (Phi) is 37.3. The lowest BCUT2D eigenvalue weighted by Crippen LogP contribution is -2.59. The van der Waals surface area contributed by atoms with Gasteiger partial charge in [-0.25, -0.2) is 0 Å². The van der Waals surface area contributed by atoms with Gasteiger partial charge >= 0.3 is 11.9 Å². The minimum absolute atomic E-state index is 0.220. The fourth-order valence-electron chi connectivity index (χ4n) is 7.15. The van der Waals surface area contributed by atoms with Gasteiger partial charge in [0.1, 0.15) is 31.0 Å². The van der Waals surface area contributed by atoms with Crippen LogP contribution >= 0.6 is 0 Å². The molecular weight excluding hydrogens is 749 g/mol. The third-order valence-electron chi connectivity index (χ3n) is 11.0. The zero-order valence-electron chi connectivity index (χ0n) is 37.5. The maximum absolute atomic E-state index is 12.8. The van der Waals surface area contributed by atoms with Crippen LogP contribution in [-0.4, -0.2) is 89.0 Å². The summed E-state index contributed by atoms with van der Waals surface area (Å²) in [5.74, 6) is -0.812. The van der Waals surface area contributed by atoms with Gasteiger partial charge in [0.15, 0.2) is 12.4 Å². The van der Waals surface area contributed by atoms with Crippen molar-refractivity contribution in [1.82, 2.24) is 0 Å². The zero-order valence-corrected chi connectivity index (χ0v) is 37.5. The number of carbonyl (C=O) groups is 2. The fraction of sp³-hybridized carbons (Fsp3) is 0.837. The van der Waals surface area contributed by atoms with E-state index in [0.29, 0.717) is 6.42 Å². The molecule has 2 unspecified atom stereocenters. The first-order valence-corrected chi connectivity index (χ1v) is 24.1. The summed E-state index contributed by atoms with van der Waals surface area (Å²) in [7, 11) is 0. The van der Waals surface area contributed by atoms with E-state index >= 15 is 0 Å². The SMILES string of the molecule is CCCCC/C=C/C/C=C/CCCCCCCCCCCC(=O)OC[C@@H](CO[C@H]1O[C@@H](CO)[C@@H](O)C(O)C1O)OC(=O)CCCCCCCCC/C=C/CCCCCC. The Hall–Kier alpha value is -2.08. The topological polar surface area (TPSA) is 152 Å². The Labute approximate surface area is 359 Å². The summed E-state index contributed by atoms with van der Waals surface area (Å²) in [6, 6.07) is 0. The monoisotopic (exact) mass is 837 g/mol. The molecule has 10 nitrogen and oxygen atoms in total. The Morgan fingerprint density at radius 3 is 1.46 bits per heavy atom. The van der Waals surface area contributed by atoms with E-state index in [1.807, 2.05) is 0 Å². The van der Waals surface area contributed by atoms with Gasteiger partial charge < -0.3 is 39.4 Å². The Morgan fingerprint density at radius 1 is 0.525 bits per heavy atom. The molecule has 0 amide bonds. The first kappa shape index (κ1) is 54.9. The molecule has 4 N–H and O–H groups in total. The quantitative estimate of drug-likeness (QED) is 0.0267. The van der Waals surface area contributed by atoms with E-state index in [1.165, 1.54) is 109 Å². The number of aliphatic hydroxyl groups excluding tert-OH is 4. The first-order valence-electron chi connectivity index (χ1n) is 24.1. The number of aliphatic hydroxyl groups is 4. The average Bonchev–Trinajstić information content (AvgIpc) is 3.23. The number of hydrogen-bond acceptors (Lipinski definition) is 10. The van der Waals surface area contributed by atoms with Gasteiger partial charge in [-0.15, -0.1) is 0 Å². The van der Waals surface area contributed by atoms with Crippen LogP contribution in [0.4, 0.5) is 0 Å². The minimum Gasteiger partial charge on any atom is -0.462 e. The molecule has 1 aliphatic rings. The van der Waals surface area contributed by atoms with Crippen LogP contribution in [0.15, 0.2) is 36.5 Å². The first-order chi connectivity index (χ1) is 28.8. The molecule has 0 bridgehead atoms. The van der Waals surface area contributed by atoms with Crippen molar-refractivity contribution in [2.75, 3.05) is 19.8 Å². The van der Waals surface area contributed by atoms with Gasteiger partial charge in [0.2, 0.25) is 0 Å². The van der Waals surface area contributed by atoms with E-state index in [-0.39, 0.29) is 32.0 Å². The molecule has 1 rings (SSSR count). The van der Waals surface area contributed by atoms with Gasteiger partial charge in [-0.3, -0.25) is 9.59 Å². The molecule has 10 heteroatoms. The minimum atomic E-state index is -1.60. The highest BCUT2D eigenvalue weighted by Crippen LogP contribution is 2.23. The van der Waals surface area contributed by atoms with Crippen LogP contribution in [0.2, 0.25) is 0 Å². The standard InChI is InChI=1S/C49H88O10/c1-3-5-7-9-11-13-15-17-19-20-21-22-24-25-27-29-31-33-35-37-44(51)56-40-42(41-57-49-48(55)47(54)46(53)43(39-50)59-49)58-45(52)38-36-34-32-30-28-26-23-18-16-14-12-10-8-6-4-2/h11,13-14,16-17,19,42-43,46-50,53-55H,3-10,12,15,18,20-41H2,1-2H3/b13-11+,16-14+,19-17+/t42-,43-,46+,47?,48?,49-/m0/s1. The fourth-order valence-corrected chi connectivity index (χ4v) is 7.15. The average molecular weight is 837 g/mol. The summed E-state index contributed by atoms with van der Waals surface area (Å²) < 4.78 is 22.2. The molecular formula is C49H88O10. The second-order valence-electron chi connectivity index (χ2n) is 16.6. The lowest BCUT2D eigenvalue weighted by atomic mass is 9.99. The van der Waals surface area contributed by atoms with E-state index in [4.69, 9.17) is 18.9 Å². The predicted molar refractivity (Wildman–Crippen MR) is 238 cm³/mol. The zero-order chi connectivity index (χ0) is 43.0. The van der Waals surface area contributed by atoms with Crippen molar-refractivity contribution in [3.63, 3.8) is 0 Å². The summed E-state index contributed by atoms with van der Waals surface area (Å²) in [6.07, 6.45) is 38.6. The van der Waals surface area contributed by atoms with Crippen LogP contribution in [-0.2, 0) is 28.5 Å². The van der Waals surface area contributed by atoms with Crippen molar-refractivity contribution in [3.05, 3.63) is 36.5 Å². The van der Waals surface area contributed by atoms with Crippen molar-refractivity contribution in [3.8, 4) is 0 Å². The molecule has 0 aromatic rings. The lowest BCUT2D eigenvalue weighted by molar-refractivity contribution is -0.305. The van der Waals surface area contributed by atoms with Crippen LogP contribution in [0.5, 0.6) is 0 Å². The van der Waals surface area contributed by atoms with Gasteiger partial charge in [0, 0.05) is 12.8 Å². The summed E-state index contributed by atoms with van der Waals surface area (Å²) >= 11 is 0. The molecule has 1 fully saturated rings. The molecule has 344 valence electrons. The normalized spacial score (nSPS) is 20.3. The number of unbranched alkanes of at least 4 members (excludes halogenated alkanes) is 23. The predicted octanol–water partition coefficient (Wildman–Crippen LogP) is 10.7. The van der Waals surface area contributed by atoms with Crippen LogP contribution in [0, 0.1) is 0 Å². The highest BCUT2D eigenvalue weighted by Gasteiger charge is 2.44. The van der Waals surface area contributed by atoms with Crippen molar-refractivity contribution in [2.24, 2.45) is 0 Å². The molecule has 1 heterocycles. The summed E-state index contributed by atoms with van der Waals surface area (Å²) in [4.78, 5) is 25.4. The third-order valence-corrected chi connectivity index (χ3v) is 11.0. The molecule has 0 aromatic heterocycles. The highest BCUT2D eigenvalue weighted by atomic mass is 16.7. The van der Waals surface area contributed by atoms with E-state index in [0.717, 1.165) is 64.2 Å². The maximum Gasteiger partial charge on any atom is 0.306 e. The van der Waals surface area contributed by atoms with Crippen LogP contribution in [0.25, 0.3) is 0 Å². The summed E-state index contributed by atoms with van der Waals surface area (Å²) in [5, 5.41) is 40.1. The number of allylic oxidation sites excluding steroid dienone is 6. The number of carbonyl (C=O) groups excluding carboxylic acids is 2. The van der Waals surface area contributed by atoms with Crippen molar-refractivity contribution >= 4 is 11.9 Å². The van der Waals surface area contributed by atoms with Gasteiger partial charge in [-0.05, 0) is 70.6 Å². The van der Waals surface area contributed by atoms with E-state index in [1.54, 1.807) is 0 Å². The second-order valence-corrected chi connectivity index (χ2v) is 16.6. The molecule has 0 spiro atoms. The Balaban J connectivity index is 2.29. The smallest absolute Gasteiger partial charge is 0.306 e. The molecule has 0 aromatic carbocycles. The van der Waals surface area contributed by atoms with E-state index < -0.39 is 49.4 Å². The number of ether oxygens (including phenoxy) is 4. The van der Waals surface area contributed by atoms with Gasteiger partial charge in [-0.1, -0.05) is 159 Å². The lowest BCUT2D eigenvalue weighted by Gasteiger charge is -2.39. The summed E-state index contributed by atoms with van der Waals surface area (Å²) in [6.45, 7) is 3.39. The molecule has 0 radical (unpaired) electrons. The van der Waals surface area contributed by atoms with Crippen molar-refractivity contribution in [1.29, 1.82) is 0 Å². The third kappa shape index (κ3) is 31.4. The maximum atomic E-state index is 12.8. The highest BCUT2D eigenvalue weighted by molar-refractivity contribution is 5.70.